The average molecular weight is 274 g/mol. The molecule has 1 N–H and O–H groups in total. The summed E-state index contributed by atoms with van der Waals surface area (Å²) in [5, 5.41) is 10.8. The van der Waals surface area contributed by atoms with Crippen LogP contribution in [0.2, 0.25) is 0 Å². The molecule has 5 aliphatic rings. The Morgan fingerprint density at radius 1 is 1.15 bits per heavy atom. The van der Waals surface area contributed by atoms with Crippen molar-refractivity contribution >= 4 is 0 Å². The van der Waals surface area contributed by atoms with Gasteiger partial charge in [-0.3, -0.25) is 0 Å². The van der Waals surface area contributed by atoms with Crippen LogP contribution in [0.15, 0.2) is 12.2 Å². The molecular formula is C18H26O2. The second-order valence-corrected chi connectivity index (χ2v) is 8.30. The molecule has 4 fully saturated rings. The van der Waals surface area contributed by atoms with Crippen LogP contribution in [-0.2, 0) is 4.74 Å². The largest absolute Gasteiger partial charge is 0.390 e. The molecule has 2 bridgehead atoms. The Balaban J connectivity index is 1.57. The minimum Gasteiger partial charge on any atom is -0.390 e. The maximum absolute atomic E-state index is 10.8. The number of aliphatic hydroxyl groups excluding tert-OH is 1. The highest BCUT2D eigenvalue weighted by Crippen LogP contribution is 2.62. The summed E-state index contributed by atoms with van der Waals surface area (Å²) < 4.78 is 6.61. The van der Waals surface area contributed by atoms with Crippen LogP contribution in [0.3, 0.4) is 0 Å². The molecule has 2 saturated heterocycles. The van der Waals surface area contributed by atoms with E-state index in [0.717, 1.165) is 30.1 Å². The number of aliphatic hydroxyl groups is 1. The van der Waals surface area contributed by atoms with Gasteiger partial charge in [-0.15, -0.1) is 0 Å². The summed E-state index contributed by atoms with van der Waals surface area (Å²) >= 11 is 0. The Morgan fingerprint density at radius 3 is 2.95 bits per heavy atom. The van der Waals surface area contributed by atoms with E-state index in [4.69, 9.17) is 4.74 Å². The van der Waals surface area contributed by atoms with E-state index in [0.29, 0.717) is 17.9 Å². The Bertz CT molecular complexity index is 458. The van der Waals surface area contributed by atoms with E-state index in [9.17, 15) is 5.11 Å². The van der Waals surface area contributed by atoms with Crippen molar-refractivity contribution in [1.82, 2.24) is 0 Å². The van der Waals surface area contributed by atoms with E-state index in [2.05, 4.69) is 19.1 Å². The topological polar surface area (TPSA) is 29.5 Å². The van der Waals surface area contributed by atoms with Crippen LogP contribution >= 0.6 is 0 Å². The van der Waals surface area contributed by atoms with Crippen LogP contribution in [0.1, 0.15) is 45.4 Å². The zero-order valence-corrected chi connectivity index (χ0v) is 12.4. The van der Waals surface area contributed by atoms with Gasteiger partial charge in [-0.2, -0.15) is 0 Å². The van der Waals surface area contributed by atoms with Crippen LogP contribution in [0.4, 0.5) is 0 Å². The second kappa shape index (κ2) is 3.89. The molecule has 0 aromatic carbocycles. The Kier molecular flexibility index (Phi) is 2.38. The van der Waals surface area contributed by atoms with Gasteiger partial charge in [-0.25, -0.2) is 0 Å². The highest BCUT2D eigenvalue weighted by atomic mass is 16.5. The van der Waals surface area contributed by atoms with Gasteiger partial charge in [0.15, 0.2) is 0 Å². The smallest absolute Gasteiger partial charge is 0.0982 e. The van der Waals surface area contributed by atoms with Gasteiger partial charge in [0.05, 0.1) is 17.8 Å². The minimum atomic E-state index is -0.305. The highest BCUT2D eigenvalue weighted by molar-refractivity contribution is 5.20. The Morgan fingerprint density at radius 2 is 2.05 bits per heavy atom. The molecule has 9 atom stereocenters. The summed E-state index contributed by atoms with van der Waals surface area (Å²) in [6, 6.07) is 0. The summed E-state index contributed by atoms with van der Waals surface area (Å²) in [4.78, 5) is 0. The lowest BCUT2D eigenvalue weighted by Crippen LogP contribution is -2.44. The van der Waals surface area contributed by atoms with Crippen LogP contribution in [-0.4, -0.2) is 22.9 Å². The Labute approximate surface area is 121 Å². The van der Waals surface area contributed by atoms with Gasteiger partial charge in [0.1, 0.15) is 0 Å². The first kappa shape index (κ1) is 12.2. The van der Waals surface area contributed by atoms with Crippen LogP contribution in [0, 0.1) is 35.5 Å². The monoisotopic (exact) mass is 274 g/mol. The summed E-state index contributed by atoms with van der Waals surface area (Å²) in [6.07, 6.45) is 12.7. The molecule has 2 heterocycles. The van der Waals surface area contributed by atoms with Gasteiger partial charge in [0, 0.05) is 5.92 Å². The van der Waals surface area contributed by atoms with Crippen molar-refractivity contribution in [3.63, 3.8) is 0 Å². The molecule has 2 saturated carbocycles. The maximum Gasteiger partial charge on any atom is 0.0982 e. The van der Waals surface area contributed by atoms with Gasteiger partial charge in [-0.1, -0.05) is 25.0 Å². The SMILES string of the molecule is C[C@@]12OC([C@@H]3[C@@H](C[C@@H]4CCC[C@@H]43)C[C@@H]1O)[C@@H]1CC=C[C@@H]12. The van der Waals surface area contributed by atoms with Gasteiger partial charge in [0.25, 0.3) is 0 Å². The first-order valence-corrected chi connectivity index (χ1v) is 8.71. The van der Waals surface area contributed by atoms with Crippen molar-refractivity contribution < 1.29 is 9.84 Å². The predicted molar refractivity (Wildman–Crippen MR) is 77.1 cm³/mol. The van der Waals surface area contributed by atoms with Crippen molar-refractivity contribution in [1.29, 1.82) is 0 Å². The predicted octanol–water partition coefficient (Wildman–Crippen LogP) is 3.15. The fourth-order valence-electron chi connectivity index (χ4n) is 6.80. The van der Waals surface area contributed by atoms with E-state index in [1.165, 1.54) is 32.1 Å². The summed E-state index contributed by atoms with van der Waals surface area (Å²) in [7, 11) is 0. The van der Waals surface area contributed by atoms with Crippen LogP contribution in [0.5, 0.6) is 0 Å². The van der Waals surface area contributed by atoms with E-state index < -0.39 is 0 Å². The quantitative estimate of drug-likeness (QED) is 0.688. The molecule has 0 spiro atoms. The lowest BCUT2D eigenvalue weighted by atomic mass is 9.68. The molecule has 110 valence electrons. The molecule has 3 aliphatic carbocycles. The molecule has 0 aromatic rings. The third-order valence-corrected chi connectivity index (χ3v) is 7.62. The number of rotatable bonds is 0. The number of fused-ring (bicyclic) bond motifs is 9. The number of ether oxygens (including phenoxy) is 1. The molecule has 20 heavy (non-hydrogen) atoms. The number of hydrogen-bond acceptors (Lipinski definition) is 2. The first-order valence-electron chi connectivity index (χ1n) is 8.71. The van der Waals surface area contributed by atoms with Crippen LogP contribution in [0.25, 0.3) is 0 Å². The zero-order chi connectivity index (χ0) is 13.5. The highest BCUT2D eigenvalue weighted by Gasteiger charge is 2.64. The fraction of sp³-hybridized carbons (Fsp3) is 0.889. The molecule has 5 rings (SSSR count). The van der Waals surface area contributed by atoms with Crippen molar-refractivity contribution in [2.75, 3.05) is 0 Å². The minimum absolute atomic E-state index is 0.267. The number of hydrogen-bond donors (Lipinski definition) is 1. The van der Waals surface area contributed by atoms with Crippen molar-refractivity contribution in [2.45, 2.75) is 63.3 Å². The lowest BCUT2D eigenvalue weighted by Gasteiger charge is -2.35. The summed E-state index contributed by atoms with van der Waals surface area (Å²) in [5.41, 5.74) is -0.305. The van der Waals surface area contributed by atoms with Crippen molar-refractivity contribution in [3.8, 4) is 0 Å². The second-order valence-electron chi connectivity index (χ2n) is 8.30. The summed E-state index contributed by atoms with van der Waals surface area (Å²) in [6.45, 7) is 2.18. The molecule has 1 unspecified atom stereocenters. The fourth-order valence-corrected chi connectivity index (χ4v) is 6.80. The van der Waals surface area contributed by atoms with Crippen LogP contribution < -0.4 is 0 Å². The van der Waals surface area contributed by atoms with E-state index in [-0.39, 0.29) is 11.7 Å². The van der Waals surface area contributed by atoms with Gasteiger partial charge < -0.3 is 9.84 Å². The zero-order valence-electron chi connectivity index (χ0n) is 12.4. The maximum atomic E-state index is 10.8. The van der Waals surface area contributed by atoms with Gasteiger partial charge in [0.2, 0.25) is 0 Å². The third kappa shape index (κ3) is 1.33. The standard InChI is InChI=1S/C18H26O2/c1-18-14-7-3-6-13(14)17(20-18)16-11(9-15(18)19)8-10-4-2-5-12(10)16/h3,7,10-17,19H,2,4-6,8-9H2,1H3/t10-,11-,12-,13+,14-,15-,16+,17?,18-/m0/s1. The van der Waals surface area contributed by atoms with Gasteiger partial charge >= 0.3 is 0 Å². The van der Waals surface area contributed by atoms with Gasteiger partial charge in [-0.05, 0) is 62.2 Å². The van der Waals surface area contributed by atoms with E-state index in [1.54, 1.807) is 0 Å². The molecular weight excluding hydrogens is 248 g/mol. The summed E-state index contributed by atoms with van der Waals surface area (Å²) in [5.74, 6) is 4.44. The molecule has 0 amide bonds. The third-order valence-electron chi connectivity index (χ3n) is 7.62. The molecule has 2 nitrogen and oxygen atoms in total. The van der Waals surface area contributed by atoms with Crippen molar-refractivity contribution in [3.05, 3.63) is 12.2 Å². The molecule has 2 aliphatic heterocycles. The Hall–Kier alpha value is -0.340. The normalized spacial score (nSPS) is 63.1. The lowest BCUT2D eigenvalue weighted by molar-refractivity contribution is -0.116. The first-order chi connectivity index (χ1) is 9.68. The van der Waals surface area contributed by atoms with Crippen molar-refractivity contribution in [2.24, 2.45) is 35.5 Å². The molecule has 0 radical (unpaired) electrons. The number of allylic oxidation sites excluding steroid dienone is 1. The average Bonchev–Trinajstić information content (AvgIpc) is 3.11. The van der Waals surface area contributed by atoms with E-state index >= 15 is 0 Å². The van der Waals surface area contributed by atoms with E-state index in [1.807, 2.05) is 0 Å². The molecule has 2 heteroatoms. The molecule has 0 aromatic heterocycles.